The number of hydrogen-bond donors (Lipinski definition) is 0. The molecule has 0 unspecified atom stereocenters. The minimum atomic E-state index is -0.375. The Morgan fingerprint density at radius 2 is 1.80 bits per heavy atom. The van der Waals surface area contributed by atoms with Gasteiger partial charge in [-0.3, -0.25) is 0 Å². The van der Waals surface area contributed by atoms with Gasteiger partial charge >= 0.3 is 0 Å². The molecule has 0 aliphatic heterocycles. The molecule has 0 atom stereocenters. The fourth-order valence-electron chi connectivity index (χ4n) is 0.490. The first-order valence-corrected chi connectivity index (χ1v) is 3.49. The first kappa shape index (κ1) is 9.94. The third-order valence-corrected chi connectivity index (χ3v) is 1.44. The highest BCUT2D eigenvalue weighted by molar-refractivity contribution is 9.11. The van der Waals surface area contributed by atoms with Crippen LogP contribution >= 0.6 is 15.9 Å². The molecule has 0 fully saturated rings. The number of rotatable bonds is 4. The van der Waals surface area contributed by atoms with Crippen LogP contribution in [-0.2, 0) is 14.2 Å². The Morgan fingerprint density at radius 3 is 2.10 bits per heavy atom. The topological polar surface area (TPSA) is 27.7 Å². The van der Waals surface area contributed by atoms with Gasteiger partial charge in [-0.2, -0.15) is 0 Å². The van der Waals surface area contributed by atoms with Gasteiger partial charge in [0.25, 0.3) is 0 Å². The normalized spacial score (nSPS) is 12.3. The molecule has 0 aromatic rings. The van der Waals surface area contributed by atoms with Crippen molar-refractivity contribution in [2.45, 2.75) is 6.29 Å². The largest absolute Gasteiger partial charge is 0.503 e. The molecule has 3 nitrogen and oxygen atoms in total. The quantitative estimate of drug-likeness (QED) is 0.520. The molecule has 0 saturated heterocycles. The maximum Gasteiger partial charge on any atom is 0.192 e. The predicted molar refractivity (Wildman–Crippen MR) is 41.8 cm³/mol. The van der Waals surface area contributed by atoms with Crippen molar-refractivity contribution in [2.24, 2.45) is 0 Å². The number of halogens is 1. The van der Waals surface area contributed by atoms with Crippen molar-refractivity contribution < 1.29 is 14.2 Å². The minimum Gasteiger partial charge on any atom is -0.503 e. The molecule has 0 heterocycles. The van der Waals surface area contributed by atoms with E-state index in [1.165, 1.54) is 6.26 Å². The van der Waals surface area contributed by atoms with Gasteiger partial charge in [0.2, 0.25) is 0 Å². The molecule has 0 radical (unpaired) electrons. The Labute approximate surface area is 69.1 Å². The lowest BCUT2D eigenvalue weighted by Crippen LogP contribution is -2.12. The summed E-state index contributed by atoms with van der Waals surface area (Å²) in [5, 5.41) is 0. The molecular formula is C6H11BrO3. The van der Waals surface area contributed by atoms with Gasteiger partial charge in [-0.1, -0.05) is 0 Å². The SMILES string of the molecule is CO/C=C(\Br)C(OC)OC. The maximum atomic E-state index is 4.90. The second kappa shape index (κ2) is 5.70. The molecule has 0 aliphatic rings. The summed E-state index contributed by atoms with van der Waals surface area (Å²) >= 11 is 3.21. The van der Waals surface area contributed by atoms with E-state index in [2.05, 4.69) is 15.9 Å². The van der Waals surface area contributed by atoms with Crippen LogP contribution in [0.3, 0.4) is 0 Å². The molecule has 4 heteroatoms. The van der Waals surface area contributed by atoms with Gasteiger partial charge in [-0.25, -0.2) is 0 Å². The highest BCUT2D eigenvalue weighted by Gasteiger charge is 2.08. The van der Waals surface area contributed by atoms with Gasteiger partial charge in [0.05, 0.1) is 17.9 Å². The van der Waals surface area contributed by atoms with Crippen molar-refractivity contribution in [3.05, 3.63) is 10.7 Å². The lowest BCUT2D eigenvalue weighted by Gasteiger charge is -2.11. The van der Waals surface area contributed by atoms with Crippen LogP contribution < -0.4 is 0 Å². The minimum absolute atomic E-state index is 0.375. The summed E-state index contributed by atoms with van der Waals surface area (Å²) in [6.07, 6.45) is 1.14. The van der Waals surface area contributed by atoms with E-state index in [0.29, 0.717) is 0 Å². The smallest absolute Gasteiger partial charge is 0.192 e. The number of hydrogen-bond acceptors (Lipinski definition) is 3. The zero-order valence-corrected chi connectivity index (χ0v) is 7.84. The first-order valence-electron chi connectivity index (χ1n) is 2.70. The monoisotopic (exact) mass is 210 g/mol. The van der Waals surface area contributed by atoms with Crippen molar-refractivity contribution in [1.82, 2.24) is 0 Å². The van der Waals surface area contributed by atoms with Crippen molar-refractivity contribution >= 4 is 15.9 Å². The van der Waals surface area contributed by atoms with E-state index in [0.717, 1.165) is 4.48 Å². The summed E-state index contributed by atoms with van der Waals surface area (Å²) in [6, 6.07) is 0. The molecule has 0 bridgehead atoms. The molecule has 0 aromatic carbocycles. The van der Waals surface area contributed by atoms with Crippen LogP contribution in [0, 0.1) is 0 Å². The lowest BCUT2D eigenvalue weighted by molar-refractivity contribution is -0.0699. The van der Waals surface area contributed by atoms with Gasteiger partial charge < -0.3 is 14.2 Å². The van der Waals surface area contributed by atoms with Gasteiger partial charge in [0, 0.05) is 14.2 Å². The Hall–Kier alpha value is -0.0600. The fourth-order valence-corrected chi connectivity index (χ4v) is 1.05. The van der Waals surface area contributed by atoms with Crippen LogP contribution in [0.1, 0.15) is 0 Å². The van der Waals surface area contributed by atoms with Crippen molar-refractivity contribution in [3.8, 4) is 0 Å². The van der Waals surface area contributed by atoms with E-state index >= 15 is 0 Å². The van der Waals surface area contributed by atoms with E-state index in [4.69, 9.17) is 14.2 Å². The first-order chi connectivity index (χ1) is 4.76. The highest BCUT2D eigenvalue weighted by Crippen LogP contribution is 2.13. The molecule has 0 rings (SSSR count). The van der Waals surface area contributed by atoms with Gasteiger partial charge in [-0.05, 0) is 15.9 Å². The third-order valence-electron chi connectivity index (χ3n) is 0.884. The van der Waals surface area contributed by atoms with E-state index in [1.807, 2.05) is 0 Å². The summed E-state index contributed by atoms with van der Waals surface area (Å²) in [5.41, 5.74) is 0. The van der Waals surface area contributed by atoms with Crippen LogP contribution in [-0.4, -0.2) is 27.6 Å². The summed E-state index contributed by atoms with van der Waals surface area (Å²) in [7, 11) is 4.67. The zero-order valence-electron chi connectivity index (χ0n) is 6.26. The standard InChI is InChI=1S/C6H11BrO3/c1-8-4-5(7)6(9-2)10-3/h4,6H,1-3H3/b5-4-. The maximum absolute atomic E-state index is 4.90. The van der Waals surface area contributed by atoms with Crippen molar-refractivity contribution in [1.29, 1.82) is 0 Å². The Morgan fingerprint density at radius 1 is 1.30 bits per heavy atom. The molecule has 0 N–H and O–H groups in total. The second-order valence-corrected chi connectivity index (χ2v) is 2.46. The van der Waals surface area contributed by atoms with Crippen molar-refractivity contribution in [3.63, 3.8) is 0 Å². The molecule has 0 spiro atoms. The van der Waals surface area contributed by atoms with E-state index in [1.54, 1.807) is 21.3 Å². The number of ether oxygens (including phenoxy) is 3. The molecule has 0 amide bonds. The molecule has 0 saturated carbocycles. The third kappa shape index (κ3) is 3.20. The molecule has 10 heavy (non-hydrogen) atoms. The summed E-state index contributed by atoms with van der Waals surface area (Å²) in [4.78, 5) is 0. The lowest BCUT2D eigenvalue weighted by atomic mass is 10.6. The van der Waals surface area contributed by atoms with Crippen LogP contribution in [0.5, 0.6) is 0 Å². The Kier molecular flexibility index (Phi) is 5.67. The zero-order chi connectivity index (χ0) is 7.98. The summed E-state index contributed by atoms with van der Waals surface area (Å²) < 4.78 is 15.2. The molecular weight excluding hydrogens is 200 g/mol. The average Bonchev–Trinajstić information content (AvgIpc) is 1.91. The highest BCUT2D eigenvalue weighted by atomic mass is 79.9. The number of methoxy groups -OCH3 is 3. The molecule has 60 valence electrons. The predicted octanol–water partition coefficient (Wildman–Crippen LogP) is 1.49. The van der Waals surface area contributed by atoms with Crippen LogP contribution in [0.2, 0.25) is 0 Å². The summed E-state index contributed by atoms with van der Waals surface area (Å²) in [6.45, 7) is 0. The van der Waals surface area contributed by atoms with Gasteiger partial charge in [0.15, 0.2) is 6.29 Å². The van der Waals surface area contributed by atoms with Crippen LogP contribution in [0.4, 0.5) is 0 Å². The van der Waals surface area contributed by atoms with Crippen LogP contribution in [0.15, 0.2) is 10.7 Å². The molecule has 0 aliphatic carbocycles. The van der Waals surface area contributed by atoms with E-state index in [-0.39, 0.29) is 6.29 Å². The Bertz CT molecular complexity index is 110. The second-order valence-electron chi connectivity index (χ2n) is 1.54. The van der Waals surface area contributed by atoms with Gasteiger partial charge in [0.1, 0.15) is 0 Å². The summed E-state index contributed by atoms with van der Waals surface area (Å²) in [5.74, 6) is 0. The van der Waals surface area contributed by atoms with E-state index in [9.17, 15) is 0 Å². The Balaban J connectivity index is 3.87. The van der Waals surface area contributed by atoms with Gasteiger partial charge in [-0.15, -0.1) is 0 Å². The fraction of sp³-hybridized carbons (Fsp3) is 0.667. The van der Waals surface area contributed by atoms with Crippen molar-refractivity contribution in [2.75, 3.05) is 21.3 Å². The van der Waals surface area contributed by atoms with Crippen LogP contribution in [0.25, 0.3) is 0 Å². The molecule has 0 aromatic heterocycles. The van der Waals surface area contributed by atoms with E-state index < -0.39 is 0 Å². The average molecular weight is 211 g/mol.